The number of carbonyl (C=O) groups is 4. The molecule has 0 bridgehead atoms. The van der Waals surface area contributed by atoms with Crippen LogP contribution in [0.2, 0.25) is 0 Å². The highest BCUT2D eigenvalue weighted by atomic mass is 32.2. The van der Waals surface area contributed by atoms with E-state index in [0.717, 1.165) is 16.8 Å². The van der Waals surface area contributed by atoms with E-state index in [4.69, 9.17) is 15.2 Å². The first-order valence-corrected chi connectivity index (χ1v) is 15.6. The van der Waals surface area contributed by atoms with Gasteiger partial charge in [0, 0.05) is 16.8 Å². The van der Waals surface area contributed by atoms with Crippen LogP contribution in [-0.4, -0.2) is 51.5 Å². The number of benzene rings is 3. The van der Waals surface area contributed by atoms with E-state index in [2.05, 4.69) is 0 Å². The van der Waals surface area contributed by atoms with Gasteiger partial charge in [0.25, 0.3) is 5.91 Å². The van der Waals surface area contributed by atoms with E-state index < -0.39 is 46.2 Å². The van der Waals surface area contributed by atoms with E-state index in [1.165, 1.54) is 16.7 Å². The molecule has 3 aliphatic heterocycles. The molecule has 0 aliphatic carbocycles. The van der Waals surface area contributed by atoms with Crippen molar-refractivity contribution in [3.63, 3.8) is 0 Å². The second-order valence-corrected chi connectivity index (χ2v) is 13.2. The van der Waals surface area contributed by atoms with Crippen molar-refractivity contribution in [1.29, 1.82) is 0 Å². The predicted molar refractivity (Wildman–Crippen MR) is 170 cm³/mol. The lowest BCUT2D eigenvalue weighted by Gasteiger charge is -2.50. The molecule has 3 atom stereocenters. The van der Waals surface area contributed by atoms with Gasteiger partial charge in [0.15, 0.2) is 12.0 Å². The normalized spacial score (nSPS) is 22.2. The summed E-state index contributed by atoms with van der Waals surface area (Å²) < 4.78 is 11.7. The number of hydrogen-bond acceptors (Lipinski definition) is 8. The molecule has 6 rings (SSSR count). The number of para-hydroxylation sites is 1. The first-order chi connectivity index (χ1) is 21.5. The zero-order valence-corrected chi connectivity index (χ0v) is 25.9. The Bertz CT molecular complexity index is 1660. The van der Waals surface area contributed by atoms with Crippen molar-refractivity contribution in [2.24, 2.45) is 11.7 Å². The topological polar surface area (TPSA) is 119 Å². The third-order valence-corrected chi connectivity index (χ3v) is 8.99. The summed E-state index contributed by atoms with van der Waals surface area (Å²) >= 11 is 1.17. The summed E-state index contributed by atoms with van der Waals surface area (Å²) in [5.74, 6) is -3.41. The van der Waals surface area contributed by atoms with E-state index in [-0.39, 0.29) is 17.2 Å². The summed E-state index contributed by atoms with van der Waals surface area (Å²) in [5, 5.41) is -1.60. The number of thioether (sulfide) groups is 1. The monoisotopic (exact) mass is 623 g/mol. The van der Waals surface area contributed by atoms with Gasteiger partial charge >= 0.3 is 11.9 Å². The standard InChI is InChI=1S/C35H33N3O6S/c1-35(2,3)44-33(41)26-31(40)38-27(34(42)43-28(21-13-7-4-8-14-21)22-15-9-5-10-16-22)25(29(36)45-32(26)38)19-23-20-37(30(23)39)24-17-11-6-12-18-24/h4-19,26,28-29,32H,20,36H2,1-3H3/t26-,29?,32+/m0/s1. The Hall–Kier alpha value is -4.67. The average molecular weight is 624 g/mol. The van der Waals surface area contributed by atoms with Crippen LogP contribution in [0.4, 0.5) is 5.69 Å². The van der Waals surface area contributed by atoms with Gasteiger partial charge in [-0.15, -0.1) is 11.8 Å². The maximum absolute atomic E-state index is 14.2. The zero-order valence-electron chi connectivity index (χ0n) is 25.1. The first kappa shape index (κ1) is 30.4. The van der Waals surface area contributed by atoms with Crippen LogP contribution in [0.15, 0.2) is 114 Å². The highest BCUT2D eigenvalue weighted by molar-refractivity contribution is 8.00. The van der Waals surface area contributed by atoms with Gasteiger partial charge < -0.3 is 20.1 Å². The van der Waals surface area contributed by atoms with Gasteiger partial charge in [0.2, 0.25) is 5.91 Å². The fourth-order valence-corrected chi connectivity index (χ4v) is 6.88. The van der Waals surface area contributed by atoms with Gasteiger partial charge in [0.05, 0.1) is 11.9 Å². The molecular formula is C35H33N3O6S. The van der Waals surface area contributed by atoms with Gasteiger partial charge in [0.1, 0.15) is 16.7 Å². The number of hydrogen-bond donors (Lipinski definition) is 1. The minimum Gasteiger partial charge on any atom is -0.459 e. The van der Waals surface area contributed by atoms with Crippen molar-refractivity contribution >= 4 is 41.2 Å². The lowest BCUT2D eigenvalue weighted by molar-refractivity contribution is -0.175. The van der Waals surface area contributed by atoms with Gasteiger partial charge in [-0.25, -0.2) is 4.79 Å². The fourth-order valence-electron chi connectivity index (χ4n) is 5.54. The number of fused-ring (bicyclic) bond motifs is 1. The average Bonchev–Trinajstić information content (AvgIpc) is 3.02. The second kappa shape index (κ2) is 12.0. The Balaban J connectivity index is 1.38. The number of ether oxygens (including phenoxy) is 2. The summed E-state index contributed by atoms with van der Waals surface area (Å²) in [7, 11) is 0. The van der Waals surface area contributed by atoms with Crippen LogP contribution < -0.4 is 10.6 Å². The molecule has 1 unspecified atom stereocenters. The van der Waals surface area contributed by atoms with Gasteiger partial charge in [-0.05, 0) is 50.1 Å². The molecule has 0 aromatic heterocycles. The number of amides is 2. The molecule has 45 heavy (non-hydrogen) atoms. The van der Waals surface area contributed by atoms with Crippen LogP contribution in [0.25, 0.3) is 0 Å². The van der Waals surface area contributed by atoms with E-state index in [0.29, 0.717) is 12.1 Å². The summed E-state index contributed by atoms with van der Waals surface area (Å²) in [6.45, 7) is 5.47. The number of rotatable bonds is 7. The number of carbonyl (C=O) groups excluding carboxylic acids is 4. The Kier molecular flexibility index (Phi) is 8.11. The zero-order chi connectivity index (χ0) is 31.9. The van der Waals surface area contributed by atoms with E-state index in [1.807, 2.05) is 91.0 Å². The predicted octanol–water partition coefficient (Wildman–Crippen LogP) is 4.70. The Morgan fingerprint density at radius 2 is 1.47 bits per heavy atom. The van der Waals surface area contributed by atoms with Crippen molar-refractivity contribution < 1.29 is 28.7 Å². The molecule has 0 saturated carbocycles. The number of nitrogens with two attached hydrogens (primary N) is 1. The van der Waals surface area contributed by atoms with Crippen molar-refractivity contribution in [2.75, 3.05) is 11.4 Å². The maximum atomic E-state index is 14.2. The Morgan fingerprint density at radius 3 is 2.00 bits per heavy atom. The molecule has 230 valence electrons. The third kappa shape index (κ3) is 5.91. The molecule has 9 nitrogen and oxygen atoms in total. The lowest BCUT2D eigenvalue weighted by atomic mass is 9.93. The Morgan fingerprint density at radius 1 is 0.911 bits per heavy atom. The minimum atomic E-state index is -1.13. The van der Waals surface area contributed by atoms with E-state index >= 15 is 0 Å². The molecule has 2 amide bonds. The van der Waals surface area contributed by atoms with Gasteiger partial charge in [-0.3, -0.25) is 19.3 Å². The quantitative estimate of drug-likeness (QED) is 0.174. The van der Waals surface area contributed by atoms with Crippen LogP contribution in [0.5, 0.6) is 0 Å². The number of esters is 2. The van der Waals surface area contributed by atoms with E-state index in [9.17, 15) is 19.2 Å². The summed E-state index contributed by atoms with van der Waals surface area (Å²) in [6.07, 6.45) is 0.794. The van der Waals surface area contributed by atoms with Crippen LogP contribution in [0.1, 0.15) is 38.0 Å². The van der Waals surface area contributed by atoms with Crippen molar-refractivity contribution in [3.8, 4) is 0 Å². The van der Waals surface area contributed by atoms with Crippen molar-refractivity contribution in [2.45, 2.75) is 43.2 Å². The highest BCUT2D eigenvalue weighted by Gasteiger charge is 2.59. The van der Waals surface area contributed by atoms with Gasteiger partial charge in [-0.1, -0.05) is 78.9 Å². The molecule has 3 aliphatic rings. The molecule has 2 saturated heterocycles. The number of β-lactam (4-membered cyclic amide) rings is 2. The van der Waals surface area contributed by atoms with Gasteiger partial charge in [-0.2, -0.15) is 0 Å². The molecule has 3 heterocycles. The minimum absolute atomic E-state index is 0.0774. The molecular weight excluding hydrogens is 590 g/mol. The van der Waals surface area contributed by atoms with Crippen molar-refractivity contribution in [1.82, 2.24) is 4.90 Å². The fraction of sp³-hybridized carbons (Fsp3) is 0.257. The molecule has 0 spiro atoms. The summed E-state index contributed by atoms with van der Waals surface area (Å²) in [5.41, 5.74) is 8.70. The molecule has 0 radical (unpaired) electrons. The van der Waals surface area contributed by atoms with Crippen LogP contribution in [-0.2, 0) is 28.7 Å². The highest BCUT2D eigenvalue weighted by Crippen LogP contribution is 2.48. The third-order valence-electron chi connectivity index (χ3n) is 7.68. The van der Waals surface area contributed by atoms with Crippen molar-refractivity contribution in [3.05, 3.63) is 125 Å². The van der Waals surface area contributed by atoms with Crippen LogP contribution in [0, 0.1) is 5.92 Å². The van der Waals surface area contributed by atoms with E-state index in [1.54, 1.807) is 31.7 Å². The SMILES string of the molecule is CC(C)(C)OC(=O)[C@H]1C(=O)N2C(C(=O)OC(c3ccccc3)c3ccccc3)=C(C=C3CN(c4ccccc4)C3=O)C(N)S[C@H]12. The number of anilines is 1. The smallest absolute Gasteiger partial charge is 0.356 e. The summed E-state index contributed by atoms with van der Waals surface area (Å²) in [6, 6.07) is 27.8. The molecule has 10 heteroatoms. The number of nitrogens with zero attached hydrogens (tertiary/aromatic N) is 2. The molecule has 3 aromatic rings. The largest absolute Gasteiger partial charge is 0.459 e. The molecule has 2 N–H and O–H groups in total. The van der Waals surface area contributed by atoms with Crippen LogP contribution >= 0.6 is 11.8 Å². The maximum Gasteiger partial charge on any atom is 0.356 e. The molecule has 2 fully saturated rings. The first-order valence-electron chi connectivity index (χ1n) is 14.6. The molecule has 3 aromatic carbocycles. The summed E-state index contributed by atoms with van der Waals surface area (Å²) in [4.78, 5) is 57.0. The Labute approximate surface area is 265 Å². The second-order valence-electron chi connectivity index (χ2n) is 12.0. The van der Waals surface area contributed by atoms with Crippen LogP contribution in [0.3, 0.4) is 0 Å². The lowest BCUT2D eigenvalue weighted by Crippen LogP contribution is -2.66.